The number of hydrogen-bond donors (Lipinski definition) is 4. The molecule has 2 fully saturated rings. The van der Waals surface area contributed by atoms with Crippen molar-refractivity contribution in [1.82, 2.24) is 29.6 Å². The van der Waals surface area contributed by atoms with E-state index in [1.807, 2.05) is 0 Å². The van der Waals surface area contributed by atoms with Crippen molar-refractivity contribution in [3.63, 3.8) is 0 Å². The van der Waals surface area contributed by atoms with Crippen LogP contribution in [0.25, 0.3) is 0 Å². The second-order valence-corrected chi connectivity index (χ2v) is 10.1. The number of likely N-dealkylation sites (tertiary alicyclic amines) is 2. The second-order valence-electron chi connectivity index (χ2n) is 10.1. The van der Waals surface area contributed by atoms with Crippen molar-refractivity contribution in [2.45, 2.75) is 49.9 Å². The van der Waals surface area contributed by atoms with Gasteiger partial charge in [0.05, 0.1) is 0 Å². The fourth-order valence-corrected chi connectivity index (χ4v) is 5.31. The highest BCUT2D eigenvalue weighted by atomic mass is 16.4. The van der Waals surface area contributed by atoms with Gasteiger partial charge in [0.25, 0.3) is 11.8 Å². The van der Waals surface area contributed by atoms with Crippen molar-refractivity contribution in [3.8, 4) is 0 Å². The number of carbonyl (C=O) groups excluding carboxylic acids is 4. The van der Waals surface area contributed by atoms with Crippen molar-refractivity contribution < 1.29 is 39.0 Å². The first-order valence-corrected chi connectivity index (χ1v) is 12.8. The minimum absolute atomic E-state index is 0.0148. The molecular formula is C26H32N6O8. The molecule has 0 bridgehead atoms. The highest BCUT2D eigenvalue weighted by Crippen LogP contribution is 2.23. The van der Waals surface area contributed by atoms with Crippen LogP contribution < -0.4 is 10.6 Å². The van der Waals surface area contributed by atoms with Gasteiger partial charge < -0.3 is 39.8 Å². The minimum atomic E-state index is -1.22. The van der Waals surface area contributed by atoms with E-state index in [9.17, 15) is 39.0 Å². The fraction of sp³-hybridized carbons (Fsp3) is 0.462. The Bertz CT molecular complexity index is 1230. The first-order chi connectivity index (χ1) is 19.0. The number of carboxylic acids is 2. The van der Waals surface area contributed by atoms with Crippen LogP contribution in [0.15, 0.2) is 36.7 Å². The lowest BCUT2D eigenvalue weighted by Crippen LogP contribution is -2.44. The lowest BCUT2D eigenvalue weighted by molar-refractivity contribution is -0.150. The van der Waals surface area contributed by atoms with E-state index >= 15 is 0 Å². The number of aromatic nitrogens is 2. The molecule has 4 rings (SSSR count). The Labute approximate surface area is 229 Å². The Morgan fingerprint density at radius 1 is 0.725 bits per heavy atom. The van der Waals surface area contributed by atoms with Crippen molar-refractivity contribution in [2.24, 2.45) is 14.1 Å². The van der Waals surface area contributed by atoms with Gasteiger partial charge in [-0.15, -0.1) is 0 Å². The van der Waals surface area contributed by atoms with E-state index < -0.39 is 59.7 Å². The van der Waals surface area contributed by atoms with Crippen molar-refractivity contribution in [3.05, 3.63) is 48.0 Å². The summed E-state index contributed by atoms with van der Waals surface area (Å²) in [5, 5.41) is 24.8. The lowest BCUT2D eigenvalue weighted by Gasteiger charge is -2.24. The maximum absolute atomic E-state index is 13.0. The Kier molecular flexibility index (Phi) is 8.26. The number of carboxylic acid groups (broad SMARTS) is 2. The van der Waals surface area contributed by atoms with Gasteiger partial charge in [0.1, 0.15) is 23.5 Å². The van der Waals surface area contributed by atoms with E-state index in [1.54, 1.807) is 59.9 Å². The normalized spacial score (nSPS) is 22.2. The number of aryl methyl sites for hydroxylation is 2. The molecule has 0 spiro atoms. The third-order valence-corrected chi connectivity index (χ3v) is 7.39. The molecule has 0 saturated carbocycles. The summed E-state index contributed by atoms with van der Waals surface area (Å²) in [4.78, 5) is 77.0. The molecular weight excluding hydrogens is 524 g/mol. The monoisotopic (exact) mass is 556 g/mol. The fourth-order valence-electron chi connectivity index (χ4n) is 5.31. The van der Waals surface area contributed by atoms with Crippen LogP contribution in [-0.2, 0) is 33.3 Å². The van der Waals surface area contributed by atoms with E-state index in [0.29, 0.717) is 11.4 Å². The van der Waals surface area contributed by atoms with Gasteiger partial charge in [-0.1, -0.05) is 0 Å². The van der Waals surface area contributed by atoms with E-state index in [1.165, 1.54) is 0 Å². The molecule has 0 unspecified atom stereocenters. The Balaban J connectivity index is 1.34. The minimum Gasteiger partial charge on any atom is -0.480 e. The number of nitrogens with one attached hydrogen (secondary N) is 2. The zero-order valence-electron chi connectivity index (χ0n) is 22.1. The molecule has 2 saturated heterocycles. The molecule has 14 nitrogen and oxygen atoms in total. The summed E-state index contributed by atoms with van der Waals surface area (Å²) >= 11 is 0. The molecule has 2 aromatic heterocycles. The summed E-state index contributed by atoms with van der Waals surface area (Å²) in [7, 11) is 3.40. The summed E-state index contributed by atoms with van der Waals surface area (Å²) in [6, 6.07) is 3.12. The maximum atomic E-state index is 13.0. The molecule has 2 aliphatic rings. The van der Waals surface area contributed by atoms with Gasteiger partial charge in [-0.3, -0.25) is 19.2 Å². The third-order valence-electron chi connectivity index (χ3n) is 7.39. The van der Waals surface area contributed by atoms with Crippen LogP contribution in [0.3, 0.4) is 0 Å². The summed E-state index contributed by atoms with van der Waals surface area (Å²) in [5.41, 5.74) is 0.776. The van der Waals surface area contributed by atoms with Gasteiger partial charge in [-0.2, -0.15) is 0 Å². The molecule has 14 heteroatoms. The van der Waals surface area contributed by atoms with Gasteiger partial charge in [0.15, 0.2) is 0 Å². The number of amides is 4. The Morgan fingerprint density at radius 3 is 1.40 bits per heavy atom. The SMILES string of the molecule is Cn1cccc1C(=O)N[C@H]1C[C@@H](C(=O)O)N(C(=O)CCC(=O)N2C[C@@H](NC(=O)c3cccn3C)C[C@H]2C(=O)O)C1. The first-order valence-electron chi connectivity index (χ1n) is 12.8. The first kappa shape index (κ1) is 28.4. The van der Waals surface area contributed by atoms with Gasteiger partial charge in [0, 0.05) is 77.3 Å². The van der Waals surface area contributed by atoms with Crippen LogP contribution in [0.4, 0.5) is 0 Å². The highest BCUT2D eigenvalue weighted by molar-refractivity contribution is 5.94. The molecule has 4 amide bonds. The van der Waals surface area contributed by atoms with Crippen LogP contribution >= 0.6 is 0 Å². The van der Waals surface area contributed by atoms with Gasteiger partial charge in [-0.25, -0.2) is 9.59 Å². The predicted molar refractivity (Wildman–Crippen MR) is 138 cm³/mol. The van der Waals surface area contributed by atoms with E-state index in [0.717, 1.165) is 9.80 Å². The van der Waals surface area contributed by atoms with Gasteiger partial charge in [0.2, 0.25) is 11.8 Å². The van der Waals surface area contributed by atoms with Gasteiger partial charge in [-0.05, 0) is 24.3 Å². The average Bonchev–Trinajstić information content (AvgIpc) is 3.68. The summed E-state index contributed by atoms with van der Waals surface area (Å²) in [5.74, 6) is -4.41. The quantitative estimate of drug-likeness (QED) is 0.316. The van der Waals surface area contributed by atoms with Gasteiger partial charge >= 0.3 is 11.9 Å². The number of rotatable bonds is 9. The smallest absolute Gasteiger partial charge is 0.326 e. The van der Waals surface area contributed by atoms with Crippen LogP contribution in [-0.4, -0.2) is 102 Å². The zero-order chi connectivity index (χ0) is 29.1. The molecule has 4 atom stereocenters. The molecule has 0 aliphatic carbocycles. The molecule has 4 N–H and O–H groups in total. The molecule has 40 heavy (non-hydrogen) atoms. The molecule has 0 aromatic carbocycles. The van der Waals surface area contributed by atoms with Crippen molar-refractivity contribution in [1.29, 1.82) is 0 Å². The van der Waals surface area contributed by atoms with Crippen molar-refractivity contribution >= 4 is 35.6 Å². The Hall–Kier alpha value is -4.62. The van der Waals surface area contributed by atoms with Crippen LogP contribution in [0.1, 0.15) is 46.7 Å². The van der Waals surface area contributed by atoms with E-state index in [4.69, 9.17) is 0 Å². The number of aliphatic carboxylic acids is 2. The summed E-state index contributed by atoms with van der Waals surface area (Å²) < 4.78 is 3.24. The molecule has 2 aliphatic heterocycles. The number of carbonyl (C=O) groups is 6. The topological polar surface area (TPSA) is 183 Å². The summed E-state index contributed by atoms with van der Waals surface area (Å²) in [6.45, 7) is -0.0657. The number of hydrogen-bond acceptors (Lipinski definition) is 6. The average molecular weight is 557 g/mol. The second kappa shape index (κ2) is 11.6. The summed E-state index contributed by atoms with van der Waals surface area (Å²) in [6.07, 6.45) is 2.77. The molecule has 214 valence electrons. The van der Waals surface area contributed by atoms with Crippen LogP contribution in [0, 0.1) is 0 Å². The molecule has 2 aromatic rings. The maximum Gasteiger partial charge on any atom is 0.326 e. The largest absolute Gasteiger partial charge is 0.480 e. The third kappa shape index (κ3) is 6.00. The van der Waals surface area contributed by atoms with Crippen molar-refractivity contribution in [2.75, 3.05) is 13.1 Å². The van der Waals surface area contributed by atoms with E-state index in [-0.39, 0.29) is 38.8 Å². The zero-order valence-corrected chi connectivity index (χ0v) is 22.1. The van der Waals surface area contributed by atoms with E-state index in [2.05, 4.69) is 10.6 Å². The number of nitrogens with zero attached hydrogens (tertiary/aromatic N) is 4. The predicted octanol–water partition coefficient (Wildman–Crippen LogP) is -0.588. The van der Waals surface area contributed by atoms with Crippen LogP contribution in [0.5, 0.6) is 0 Å². The molecule has 4 heterocycles. The lowest BCUT2D eigenvalue weighted by atomic mass is 10.1. The van der Waals surface area contributed by atoms with Crippen LogP contribution in [0.2, 0.25) is 0 Å². The Morgan fingerprint density at radius 2 is 1.10 bits per heavy atom. The highest BCUT2D eigenvalue weighted by Gasteiger charge is 2.42. The standard InChI is InChI=1S/C26H32N6O8/c1-29-9-3-5-17(29)23(35)27-15-11-19(25(37)38)31(13-15)21(33)7-8-22(34)32-14-16(12-20(32)26(39)40)28-24(36)18-6-4-10-30(18)2/h3-6,9-10,15-16,19-20H,7-8,11-14H2,1-2H3,(H,27,35)(H,28,36)(H,37,38)(H,39,40)/t15-,16-,19-,20-/m0/s1. The molecule has 0 radical (unpaired) electrons.